The van der Waals surface area contributed by atoms with Crippen molar-refractivity contribution in [3.05, 3.63) is 70.7 Å². The lowest BCUT2D eigenvalue weighted by molar-refractivity contribution is 0.102. The third-order valence-electron chi connectivity index (χ3n) is 3.19. The molecule has 0 atom stereocenters. The van der Waals surface area contributed by atoms with Gasteiger partial charge >= 0.3 is 0 Å². The Morgan fingerprint density at radius 3 is 2.44 bits per heavy atom. The van der Waals surface area contributed by atoms with Crippen molar-refractivity contribution in [1.29, 1.82) is 0 Å². The molecule has 2 N–H and O–H groups in total. The molecule has 0 unspecified atom stereocenters. The summed E-state index contributed by atoms with van der Waals surface area (Å²) in [5.41, 5.74) is 0.796. The fourth-order valence-electron chi connectivity index (χ4n) is 2.01. The highest BCUT2D eigenvalue weighted by Gasteiger charge is 2.16. The Hall–Kier alpha value is -2.42. The fourth-order valence-corrected chi connectivity index (χ4v) is 4.02. The van der Waals surface area contributed by atoms with Gasteiger partial charge in [0.05, 0.1) is 15.5 Å². The number of carbonyl (C=O) groups is 1. The summed E-state index contributed by atoms with van der Waals surface area (Å²) in [7, 11) is -3.72. The molecule has 0 bridgehead atoms. The third-order valence-corrected chi connectivity index (χ3v) is 5.70. The van der Waals surface area contributed by atoms with Gasteiger partial charge in [-0.3, -0.25) is 9.52 Å². The van der Waals surface area contributed by atoms with E-state index in [1.165, 1.54) is 41.8 Å². The molecule has 0 aliphatic carbocycles. The second-order valence-electron chi connectivity index (χ2n) is 4.90. The van der Waals surface area contributed by atoms with Crippen LogP contribution in [0.4, 0.5) is 10.8 Å². The first-order valence-corrected chi connectivity index (χ1v) is 9.78. The number of anilines is 2. The highest BCUT2D eigenvalue weighted by atomic mass is 35.5. The van der Waals surface area contributed by atoms with Crippen molar-refractivity contribution in [2.24, 2.45) is 0 Å². The molecule has 1 heterocycles. The van der Waals surface area contributed by atoms with Crippen LogP contribution in [0.25, 0.3) is 0 Å². The van der Waals surface area contributed by atoms with Gasteiger partial charge in [-0.05, 0) is 36.4 Å². The van der Waals surface area contributed by atoms with E-state index in [1.54, 1.807) is 29.6 Å². The second-order valence-corrected chi connectivity index (χ2v) is 7.89. The molecule has 0 fully saturated rings. The molecule has 0 aliphatic rings. The number of carbonyl (C=O) groups excluding carboxylic acids is 1. The van der Waals surface area contributed by atoms with E-state index in [2.05, 4.69) is 15.0 Å². The van der Waals surface area contributed by atoms with Crippen LogP contribution >= 0.6 is 22.9 Å². The van der Waals surface area contributed by atoms with Crippen molar-refractivity contribution >= 4 is 49.7 Å². The summed E-state index contributed by atoms with van der Waals surface area (Å²) in [6.45, 7) is 0. The SMILES string of the molecule is O=C(Nc1ccc(S(=O)(=O)Nc2nccs2)cc1)c1ccccc1Cl. The molecule has 25 heavy (non-hydrogen) atoms. The number of nitrogens with zero attached hydrogens (tertiary/aromatic N) is 1. The lowest BCUT2D eigenvalue weighted by Crippen LogP contribution is -2.14. The van der Waals surface area contributed by atoms with Crippen molar-refractivity contribution in [2.45, 2.75) is 4.90 Å². The van der Waals surface area contributed by atoms with E-state index in [1.807, 2.05) is 0 Å². The average Bonchev–Trinajstić information content (AvgIpc) is 3.08. The summed E-state index contributed by atoms with van der Waals surface area (Å²) in [6, 6.07) is 12.5. The van der Waals surface area contributed by atoms with Gasteiger partial charge in [-0.15, -0.1) is 11.3 Å². The predicted octanol–water partition coefficient (Wildman–Crippen LogP) is 3.85. The highest BCUT2D eigenvalue weighted by molar-refractivity contribution is 7.93. The molecule has 0 saturated carbocycles. The molecule has 1 amide bonds. The van der Waals surface area contributed by atoms with Crippen LogP contribution in [-0.2, 0) is 10.0 Å². The van der Waals surface area contributed by atoms with Gasteiger partial charge < -0.3 is 5.32 Å². The molecule has 128 valence electrons. The molecule has 9 heteroatoms. The summed E-state index contributed by atoms with van der Waals surface area (Å²) < 4.78 is 26.9. The minimum absolute atomic E-state index is 0.0680. The first-order chi connectivity index (χ1) is 12.0. The summed E-state index contributed by atoms with van der Waals surface area (Å²) in [6.07, 6.45) is 1.51. The third kappa shape index (κ3) is 4.16. The van der Waals surface area contributed by atoms with Crippen molar-refractivity contribution < 1.29 is 13.2 Å². The molecule has 0 saturated heterocycles. The molecule has 3 rings (SSSR count). The van der Waals surface area contributed by atoms with Crippen LogP contribution in [0.5, 0.6) is 0 Å². The Bertz CT molecular complexity index is 988. The molecule has 0 aliphatic heterocycles. The number of halogens is 1. The van der Waals surface area contributed by atoms with E-state index in [4.69, 9.17) is 11.6 Å². The summed E-state index contributed by atoms with van der Waals surface area (Å²) in [4.78, 5) is 16.1. The van der Waals surface area contributed by atoms with Gasteiger partial charge in [0.2, 0.25) is 0 Å². The number of hydrogen-bond acceptors (Lipinski definition) is 5. The monoisotopic (exact) mass is 393 g/mol. The smallest absolute Gasteiger partial charge is 0.263 e. The van der Waals surface area contributed by atoms with Crippen LogP contribution in [0.1, 0.15) is 10.4 Å². The molecular weight excluding hydrogens is 382 g/mol. The molecule has 3 aromatic rings. The Balaban J connectivity index is 1.74. The minimum atomic E-state index is -3.72. The van der Waals surface area contributed by atoms with Crippen LogP contribution in [0.15, 0.2) is 65.0 Å². The largest absolute Gasteiger partial charge is 0.322 e. The molecule has 2 aromatic carbocycles. The number of nitrogens with one attached hydrogen (secondary N) is 2. The first kappa shape index (κ1) is 17.4. The standard InChI is InChI=1S/C16H12ClN3O3S2/c17-14-4-2-1-3-13(14)15(21)19-11-5-7-12(8-6-11)25(22,23)20-16-18-9-10-24-16/h1-10H,(H,18,20)(H,19,21). The summed E-state index contributed by atoms with van der Waals surface area (Å²) in [5.74, 6) is -0.373. The normalized spacial score (nSPS) is 11.1. The van der Waals surface area contributed by atoms with Crippen LogP contribution in [0.2, 0.25) is 5.02 Å². The van der Waals surface area contributed by atoms with Gasteiger partial charge in [0.1, 0.15) is 0 Å². The van der Waals surface area contributed by atoms with Crippen molar-refractivity contribution in [3.63, 3.8) is 0 Å². The zero-order valence-corrected chi connectivity index (χ0v) is 15.0. The Kier molecular flexibility index (Phi) is 5.03. The van der Waals surface area contributed by atoms with Crippen molar-refractivity contribution in [3.8, 4) is 0 Å². The maximum absolute atomic E-state index is 12.2. The average molecular weight is 394 g/mol. The summed E-state index contributed by atoms with van der Waals surface area (Å²) >= 11 is 7.17. The molecule has 1 aromatic heterocycles. The fraction of sp³-hybridized carbons (Fsp3) is 0. The second kappa shape index (κ2) is 7.22. The van der Waals surface area contributed by atoms with E-state index in [0.717, 1.165) is 0 Å². The number of thiazole rings is 1. The lowest BCUT2D eigenvalue weighted by atomic mass is 10.2. The number of rotatable bonds is 5. The van der Waals surface area contributed by atoms with E-state index < -0.39 is 10.0 Å². The van der Waals surface area contributed by atoms with Gasteiger partial charge in [0, 0.05) is 17.3 Å². The van der Waals surface area contributed by atoms with E-state index in [-0.39, 0.29) is 15.9 Å². The van der Waals surface area contributed by atoms with Gasteiger partial charge in [0.25, 0.3) is 15.9 Å². The maximum atomic E-state index is 12.2. The number of aromatic nitrogens is 1. The van der Waals surface area contributed by atoms with E-state index in [0.29, 0.717) is 16.3 Å². The van der Waals surface area contributed by atoms with Crippen molar-refractivity contribution in [1.82, 2.24) is 4.98 Å². The topological polar surface area (TPSA) is 88.2 Å². The molecule has 0 radical (unpaired) electrons. The number of benzene rings is 2. The van der Waals surface area contributed by atoms with Crippen LogP contribution in [0.3, 0.4) is 0 Å². The van der Waals surface area contributed by atoms with Gasteiger partial charge in [-0.1, -0.05) is 23.7 Å². The summed E-state index contributed by atoms with van der Waals surface area (Å²) in [5, 5.41) is 4.97. The molecule has 0 spiro atoms. The Morgan fingerprint density at radius 2 is 1.80 bits per heavy atom. The molecule has 6 nitrogen and oxygen atoms in total. The van der Waals surface area contributed by atoms with E-state index in [9.17, 15) is 13.2 Å². The zero-order chi connectivity index (χ0) is 17.9. The molecular formula is C16H12ClN3O3S2. The minimum Gasteiger partial charge on any atom is -0.322 e. The quantitative estimate of drug-likeness (QED) is 0.689. The lowest BCUT2D eigenvalue weighted by Gasteiger charge is -2.08. The van der Waals surface area contributed by atoms with Crippen LogP contribution < -0.4 is 10.0 Å². The predicted molar refractivity (Wildman–Crippen MR) is 98.8 cm³/mol. The Morgan fingerprint density at radius 1 is 1.08 bits per heavy atom. The number of hydrogen-bond donors (Lipinski definition) is 2. The number of amides is 1. The van der Waals surface area contributed by atoms with Gasteiger partial charge in [-0.2, -0.15) is 0 Å². The highest BCUT2D eigenvalue weighted by Crippen LogP contribution is 2.21. The van der Waals surface area contributed by atoms with Crippen LogP contribution in [0, 0.1) is 0 Å². The number of sulfonamides is 1. The zero-order valence-electron chi connectivity index (χ0n) is 12.6. The van der Waals surface area contributed by atoms with Gasteiger partial charge in [0.15, 0.2) is 5.13 Å². The van der Waals surface area contributed by atoms with Gasteiger partial charge in [-0.25, -0.2) is 13.4 Å². The first-order valence-electron chi connectivity index (χ1n) is 7.04. The van der Waals surface area contributed by atoms with E-state index >= 15 is 0 Å². The Labute approximate surface area is 153 Å². The van der Waals surface area contributed by atoms with Crippen molar-refractivity contribution in [2.75, 3.05) is 10.0 Å². The van der Waals surface area contributed by atoms with Crippen LogP contribution in [-0.4, -0.2) is 19.3 Å². The maximum Gasteiger partial charge on any atom is 0.263 e.